The number of carbonyl (C=O) groups is 3. The summed E-state index contributed by atoms with van der Waals surface area (Å²) < 4.78 is 4.52. The Morgan fingerprint density at radius 2 is 1.89 bits per heavy atom. The Bertz CT molecular complexity index is 508. The number of Topliss-reactive ketones (excluding diaryl/α,β-unsaturated/α-hetero) is 1. The van der Waals surface area contributed by atoms with Gasteiger partial charge in [0.25, 0.3) is 0 Å². The second-order valence-electron chi connectivity index (χ2n) is 4.14. The molecule has 0 unspecified atom stereocenters. The van der Waals surface area contributed by atoms with Crippen LogP contribution >= 0.6 is 0 Å². The van der Waals surface area contributed by atoms with E-state index in [9.17, 15) is 14.4 Å². The number of nitrogens with one attached hydrogen (secondary N) is 1. The van der Waals surface area contributed by atoms with Crippen LogP contribution in [0, 0.1) is 13.8 Å². The Labute approximate surface area is 111 Å². The predicted octanol–water partition coefficient (Wildman–Crippen LogP) is 1.17. The molecule has 102 valence electrons. The number of esters is 1. The van der Waals surface area contributed by atoms with Gasteiger partial charge in [-0.2, -0.15) is 0 Å². The summed E-state index contributed by atoms with van der Waals surface area (Å²) in [4.78, 5) is 34.2. The molecule has 1 rings (SSSR count). The average molecular weight is 263 g/mol. The van der Waals surface area contributed by atoms with Crippen LogP contribution in [0.25, 0.3) is 0 Å². The van der Waals surface area contributed by atoms with Gasteiger partial charge in [-0.25, -0.2) is 4.79 Å². The number of hydrogen-bond acceptors (Lipinski definition) is 4. The van der Waals surface area contributed by atoms with E-state index < -0.39 is 11.9 Å². The molecule has 0 spiro atoms. The molecule has 1 aromatic rings. The first-order chi connectivity index (χ1) is 8.95. The summed E-state index contributed by atoms with van der Waals surface area (Å²) in [6.45, 7) is 5.27. The van der Waals surface area contributed by atoms with Gasteiger partial charge < -0.3 is 10.1 Å². The summed E-state index contributed by atoms with van der Waals surface area (Å²) in [6, 6.07) is 5.43. The van der Waals surface area contributed by atoms with Gasteiger partial charge in [-0.15, -0.1) is 0 Å². The molecular formula is C14H17NO4. The predicted molar refractivity (Wildman–Crippen MR) is 69.9 cm³/mol. The summed E-state index contributed by atoms with van der Waals surface area (Å²) in [7, 11) is 0. The van der Waals surface area contributed by atoms with Crippen LogP contribution in [0.2, 0.25) is 0 Å². The van der Waals surface area contributed by atoms with Gasteiger partial charge in [0.05, 0.1) is 13.2 Å². The summed E-state index contributed by atoms with van der Waals surface area (Å²) in [5.41, 5.74) is 2.44. The van der Waals surface area contributed by atoms with E-state index in [2.05, 4.69) is 10.1 Å². The van der Waals surface area contributed by atoms with Gasteiger partial charge in [-0.3, -0.25) is 9.59 Å². The van der Waals surface area contributed by atoms with Crippen LogP contribution in [-0.4, -0.2) is 30.8 Å². The molecule has 0 saturated heterocycles. The van der Waals surface area contributed by atoms with Gasteiger partial charge in [0.1, 0.15) is 0 Å². The van der Waals surface area contributed by atoms with Crippen LogP contribution in [0.3, 0.4) is 0 Å². The van der Waals surface area contributed by atoms with Crippen LogP contribution in [0.4, 0.5) is 0 Å². The van der Waals surface area contributed by atoms with E-state index in [4.69, 9.17) is 0 Å². The summed E-state index contributed by atoms with van der Waals surface area (Å²) in [6.07, 6.45) is 0. The molecule has 0 heterocycles. The third-order valence-electron chi connectivity index (χ3n) is 2.55. The smallest absolute Gasteiger partial charge is 0.396 e. The molecule has 1 N–H and O–H groups in total. The van der Waals surface area contributed by atoms with Crippen molar-refractivity contribution in [3.63, 3.8) is 0 Å². The number of rotatable bonds is 4. The van der Waals surface area contributed by atoms with E-state index in [1.165, 1.54) is 0 Å². The minimum absolute atomic E-state index is 0.122. The first kappa shape index (κ1) is 14.9. The quantitative estimate of drug-likeness (QED) is 0.503. The zero-order valence-electron chi connectivity index (χ0n) is 11.3. The Morgan fingerprint density at radius 1 is 1.21 bits per heavy atom. The Kier molecular flexibility index (Phi) is 5.23. The minimum atomic E-state index is -0.976. The van der Waals surface area contributed by atoms with Gasteiger partial charge in [0.15, 0.2) is 5.78 Å². The zero-order chi connectivity index (χ0) is 14.4. The van der Waals surface area contributed by atoms with E-state index in [0.717, 1.165) is 11.1 Å². The number of hydrogen-bond donors (Lipinski definition) is 1. The second-order valence-corrected chi connectivity index (χ2v) is 4.14. The summed E-state index contributed by atoms with van der Waals surface area (Å²) in [5.74, 6) is -2.12. The average Bonchev–Trinajstić information content (AvgIpc) is 2.35. The van der Waals surface area contributed by atoms with Crippen molar-refractivity contribution in [2.45, 2.75) is 20.8 Å². The number of ketones is 1. The van der Waals surface area contributed by atoms with E-state index in [1.54, 1.807) is 13.0 Å². The van der Waals surface area contributed by atoms with Crippen LogP contribution in [0.15, 0.2) is 18.2 Å². The molecule has 0 saturated carbocycles. The van der Waals surface area contributed by atoms with Crippen LogP contribution in [-0.2, 0) is 14.3 Å². The molecule has 0 atom stereocenters. The van der Waals surface area contributed by atoms with Crippen LogP contribution in [0.5, 0.6) is 0 Å². The van der Waals surface area contributed by atoms with Crippen molar-refractivity contribution in [3.05, 3.63) is 34.9 Å². The fraction of sp³-hybridized carbons (Fsp3) is 0.357. The molecule has 0 aliphatic heterocycles. The zero-order valence-corrected chi connectivity index (χ0v) is 11.3. The van der Waals surface area contributed by atoms with E-state index in [1.807, 2.05) is 26.0 Å². The standard InChI is InChI=1S/C14H17NO4/c1-4-19-14(18)13(17)15-8-12(16)11-6-5-9(2)7-10(11)3/h5-7H,4,8H2,1-3H3,(H,15,17). The third-order valence-corrected chi connectivity index (χ3v) is 2.55. The largest absolute Gasteiger partial charge is 0.459 e. The molecule has 0 aliphatic carbocycles. The van der Waals surface area contributed by atoms with Crippen molar-refractivity contribution >= 4 is 17.7 Å². The molecule has 0 radical (unpaired) electrons. The summed E-state index contributed by atoms with van der Waals surface area (Å²) >= 11 is 0. The maximum atomic E-state index is 11.9. The van der Waals surface area contributed by atoms with Crippen molar-refractivity contribution in [2.75, 3.05) is 13.2 Å². The Morgan fingerprint density at radius 3 is 2.47 bits per heavy atom. The van der Waals surface area contributed by atoms with Gasteiger partial charge >= 0.3 is 11.9 Å². The molecule has 0 fully saturated rings. The van der Waals surface area contributed by atoms with Crippen molar-refractivity contribution in [3.8, 4) is 0 Å². The highest BCUT2D eigenvalue weighted by Gasteiger charge is 2.16. The normalized spacial score (nSPS) is 9.84. The number of amides is 1. The number of carbonyl (C=O) groups excluding carboxylic acids is 3. The van der Waals surface area contributed by atoms with Crippen molar-refractivity contribution in [2.24, 2.45) is 0 Å². The minimum Gasteiger partial charge on any atom is -0.459 e. The highest BCUT2D eigenvalue weighted by Crippen LogP contribution is 2.10. The molecule has 0 aromatic heterocycles. The third kappa shape index (κ3) is 4.21. The Hall–Kier alpha value is -2.17. The number of aryl methyl sites for hydroxylation is 2. The monoisotopic (exact) mass is 263 g/mol. The maximum Gasteiger partial charge on any atom is 0.396 e. The van der Waals surface area contributed by atoms with Crippen molar-refractivity contribution in [1.29, 1.82) is 0 Å². The molecule has 1 aromatic carbocycles. The van der Waals surface area contributed by atoms with Crippen LogP contribution in [0.1, 0.15) is 28.4 Å². The van der Waals surface area contributed by atoms with E-state index >= 15 is 0 Å². The van der Waals surface area contributed by atoms with Gasteiger partial charge in [0.2, 0.25) is 0 Å². The molecule has 5 heteroatoms. The SMILES string of the molecule is CCOC(=O)C(=O)NCC(=O)c1ccc(C)cc1C. The summed E-state index contributed by atoms with van der Waals surface area (Å²) in [5, 5.41) is 2.24. The molecule has 5 nitrogen and oxygen atoms in total. The van der Waals surface area contributed by atoms with Gasteiger partial charge in [-0.1, -0.05) is 23.8 Å². The first-order valence-electron chi connectivity index (χ1n) is 6.01. The van der Waals surface area contributed by atoms with Crippen molar-refractivity contribution < 1.29 is 19.1 Å². The van der Waals surface area contributed by atoms with Crippen LogP contribution < -0.4 is 5.32 Å². The second kappa shape index (κ2) is 6.68. The van der Waals surface area contributed by atoms with Crippen molar-refractivity contribution in [1.82, 2.24) is 5.32 Å². The molecule has 19 heavy (non-hydrogen) atoms. The number of benzene rings is 1. The maximum absolute atomic E-state index is 11.9. The fourth-order valence-electron chi connectivity index (χ4n) is 1.65. The lowest BCUT2D eigenvalue weighted by molar-refractivity contribution is -0.154. The fourth-order valence-corrected chi connectivity index (χ4v) is 1.65. The van der Waals surface area contributed by atoms with Gasteiger partial charge in [-0.05, 0) is 26.3 Å². The lowest BCUT2D eigenvalue weighted by Gasteiger charge is -2.07. The molecule has 0 bridgehead atoms. The molecule has 1 amide bonds. The Balaban J connectivity index is 2.61. The van der Waals surface area contributed by atoms with E-state index in [0.29, 0.717) is 5.56 Å². The molecule has 0 aliphatic rings. The topological polar surface area (TPSA) is 72.5 Å². The number of ether oxygens (including phenoxy) is 1. The van der Waals surface area contributed by atoms with E-state index in [-0.39, 0.29) is 18.9 Å². The highest BCUT2D eigenvalue weighted by atomic mass is 16.5. The highest BCUT2D eigenvalue weighted by molar-refractivity contribution is 6.32. The lowest BCUT2D eigenvalue weighted by atomic mass is 10.0. The molecular weight excluding hydrogens is 246 g/mol. The lowest BCUT2D eigenvalue weighted by Crippen LogP contribution is -2.36. The van der Waals surface area contributed by atoms with Gasteiger partial charge in [0, 0.05) is 5.56 Å². The first-order valence-corrected chi connectivity index (χ1v) is 6.01.